The first-order valence-corrected chi connectivity index (χ1v) is 10.2. The molecule has 0 aliphatic carbocycles. The monoisotopic (exact) mass is 443 g/mol. The van der Waals surface area contributed by atoms with Crippen molar-refractivity contribution in [3.8, 4) is 5.75 Å². The number of carbonyl (C=O) groups is 2. The van der Waals surface area contributed by atoms with Gasteiger partial charge in [-0.05, 0) is 29.8 Å². The van der Waals surface area contributed by atoms with Crippen LogP contribution in [-0.2, 0) is 9.59 Å². The SMILES string of the molecule is COc1ccc(C2=C(N3CCN(CCO)CC3)C(=O)N(c3cc(F)ccc3F)C2=O)cc1. The maximum atomic E-state index is 14.5. The molecule has 0 spiro atoms. The third kappa shape index (κ3) is 3.96. The summed E-state index contributed by atoms with van der Waals surface area (Å²) in [6, 6.07) is 9.33. The van der Waals surface area contributed by atoms with Crippen LogP contribution in [0.25, 0.3) is 5.57 Å². The van der Waals surface area contributed by atoms with Gasteiger partial charge in [-0.15, -0.1) is 0 Å². The van der Waals surface area contributed by atoms with Gasteiger partial charge in [0.15, 0.2) is 0 Å². The maximum absolute atomic E-state index is 14.5. The van der Waals surface area contributed by atoms with Gasteiger partial charge in [-0.25, -0.2) is 13.7 Å². The highest BCUT2D eigenvalue weighted by molar-refractivity contribution is 6.45. The number of ether oxygens (including phenoxy) is 1. The molecule has 0 saturated carbocycles. The zero-order valence-electron chi connectivity index (χ0n) is 17.6. The lowest BCUT2D eigenvalue weighted by molar-refractivity contribution is -0.120. The number of aliphatic hydroxyl groups excluding tert-OH is 1. The number of aliphatic hydroxyl groups is 1. The fourth-order valence-electron chi connectivity index (χ4n) is 4.04. The molecule has 9 heteroatoms. The number of hydrogen-bond donors (Lipinski definition) is 1. The van der Waals surface area contributed by atoms with E-state index in [9.17, 15) is 18.4 Å². The first-order chi connectivity index (χ1) is 15.4. The molecule has 2 amide bonds. The van der Waals surface area contributed by atoms with E-state index in [0.717, 1.165) is 18.2 Å². The molecule has 0 bridgehead atoms. The Bertz CT molecular complexity index is 1060. The van der Waals surface area contributed by atoms with Gasteiger partial charge in [0.25, 0.3) is 11.8 Å². The van der Waals surface area contributed by atoms with Gasteiger partial charge in [-0.1, -0.05) is 12.1 Å². The molecule has 1 fully saturated rings. The molecular weight excluding hydrogens is 420 g/mol. The van der Waals surface area contributed by atoms with Crippen molar-refractivity contribution in [3.63, 3.8) is 0 Å². The quantitative estimate of drug-likeness (QED) is 0.688. The Morgan fingerprint density at radius 1 is 0.969 bits per heavy atom. The lowest BCUT2D eigenvalue weighted by atomic mass is 10.0. The summed E-state index contributed by atoms with van der Waals surface area (Å²) < 4.78 is 33.5. The third-order valence-corrected chi connectivity index (χ3v) is 5.69. The molecule has 2 heterocycles. The molecule has 1 N–H and O–H groups in total. The van der Waals surface area contributed by atoms with E-state index in [0.29, 0.717) is 48.9 Å². The number of anilines is 1. The zero-order chi connectivity index (χ0) is 22.8. The average molecular weight is 443 g/mol. The second kappa shape index (κ2) is 9.05. The van der Waals surface area contributed by atoms with E-state index in [1.165, 1.54) is 7.11 Å². The van der Waals surface area contributed by atoms with E-state index < -0.39 is 29.1 Å². The van der Waals surface area contributed by atoms with Crippen molar-refractivity contribution in [1.29, 1.82) is 0 Å². The molecule has 0 radical (unpaired) electrons. The molecule has 2 aliphatic heterocycles. The van der Waals surface area contributed by atoms with Gasteiger partial charge >= 0.3 is 0 Å². The van der Waals surface area contributed by atoms with Crippen LogP contribution in [0.2, 0.25) is 0 Å². The van der Waals surface area contributed by atoms with Crippen molar-refractivity contribution in [2.24, 2.45) is 0 Å². The maximum Gasteiger partial charge on any atom is 0.282 e. The number of rotatable bonds is 6. The van der Waals surface area contributed by atoms with E-state index >= 15 is 0 Å². The minimum atomic E-state index is -0.865. The van der Waals surface area contributed by atoms with Crippen LogP contribution < -0.4 is 9.64 Å². The zero-order valence-corrected chi connectivity index (χ0v) is 17.6. The Morgan fingerprint density at radius 3 is 2.28 bits per heavy atom. The number of benzene rings is 2. The highest BCUT2D eigenvalue weighted by Gasteiger charge is 2.44. The van der Waals surface area contributed by atoms with Gasteiger partial charge in [0.05, 0.1) is 25.0 Å². The third-order valence-electron chi connectivity index (χ3n) is 5.69. The van der Waals surface area contributed by atoms with Gasteiger partial charge in [0.2, 0.25) is 0 Å². The van der Waals surface area contributed by atoms with Crippen molar-refractivity contribution >= 4 is 23.1 Å². The normalized spacial score (nSPS) is 17.5. The fourth-order valence-corrected chi connectivity index (χ4v) is 4.04. The van der Waals surface area contributed by atoms with Crippen LogP contribution >= 0.6 is 0 Å². The Kier molecular flexibility index (Phi) is 6.20. The van der Waals surface area contributed by atoms with Crippen molar-refractivity contribution in [3.05, 3.63) is 65.4 Å². The van der Waals surface area contributed by atoms with E-state index in [4.69, 9.17) is 9.84 Å². The summed E-state index contributed by atoms with van der Waals surface area (Å²) in [6.45, 7) is 2.64. The molecule has 2 aliphatic rings. The molecule has 0 unspecified atom stereocenters. The average Bonchev–Trinajstić information content (AvgIpc) is 3.06. The molecular formula is C23H23F2N3O4. The minimum absolute atomic E-state index is 0.0316. The fraction of sp³-hybridized carbons (Fsp3) is 0.304. The smallest absolute Gasteiger partial charge is 0.282 e. The lowest BCUT2D eigenvalue weighted by Gasteiger charge is -2.36. The van der Waals surface area contributed by atoms with Crippen molar-refractivity contribution in [2.75, 3.05) is 51.3 Å². The second-order valence-electron chi connectivity index (χ2n) is 7.55. The standard InChI is InChI=1S/C23H23F2N3O4/c1-32-17-5-2-15(3-6-17)20-21(27-10-8-26(9-11-27)12-13-29)23(31)28(22(20)30)19-14-16(24)4-7-18(19)25/h2-7,14,29H,8-13H2,1H3. The number of hydrogen-bond acceptors (Lipinski definition) is 6. The number of β-amino-alcohol motifs (C(OH)–C–C–N with tert-alkyl or cyclic N) is 1. The Morgan fingerprint density at radius 2 is 1.66 bits per heavy atom. The van der Waals surface area contributed by atoms with Gasteiger partial charge in [-0.2, -0.15) is 0 Å². The van der Waals surface area contributed by atoms with Crippen LogP contribution in [0.5, 0.6) is 5.75 Å². The van der Waals surface area contributed by atoms with Crippen molar-refractivity contribution < 1.29 is 28.2 Å². The van der Waals surface area contributed by atoms with Crippen LogP contribution in [-0.4, -0.2) is 73.2 Å². The van der Waals surface area contributed by atoms with Crippen LogP contribution in [0, 0.1) is 11.6 Å². The van der Waals surface area contributed by atoms with Crippen LogP contribution in [0.1, 0.15) is 5.56 Å². The molecule has 0 atom stereocenters. The summed E-state index contributed by atoms with van der Waals surface area (Å²) in [6.07, 6.45) is 0. The predicted octanol–water partition coefficient (Wildman–Crippen LogP) is 1.87. The Hall–Kier alpha value is -3.30. The van der Waals surface area contributed by atoms with Crippen LogP contribution in [0.4, 0.5) is 14.5 Å². The minimum Gasteiger partial charge on any atom is -0.497 e. The first kappa shape index (κ1) is 21.9. The van der Waals surface area contributed by atoms with Gasteiger partial charge in [-0.3, -0.25) is 14.5 Å². The first-order valence-electron chi connectivity index (χ1n) is 10.2. The van der Waals surface area contributed by atoms with Gasteiger partial charge in [0.1, 0.15) is 23.1 Å². The number of piperazine rings is 1. The molecule has 168 valence electrons. The highest BCUT2D eigenvalue weighted by atomic mass is 19.1. The number of carbonyl (C=O) groups excluding carboxylic acids is 2. The van der Waals surface area contributed by atoms with Crippen molar-refractivity contribution in [1.82, 2.24) is 9.80 Å². The Labute approximate surface area is 184 Å². The van der Waals surface area contributed by atoms with Crippen LogP contribution in [0.3, 0.4) is 0 Å². The number of methoxy groups -OCH3 is 1. The molecule has 2 aromatic rings. The molecule has 7 nitrogen and oxygen atoms in total. The highest BCUT2D eigenvalue weighted by Crippen LogP contribution is 2.36. The largest absolute Gasteiger partial charge is 0.497 e. The topological polar surface area (TPSA) is 73.3 Å². The summed E-state index contributed by atoms with van der Waals surface area (Å²) in [4.78, 5) is 31.4. The van der Waals surface area contributed by atoms with E-state index in [2.05, 4.69) is 4.90 Å². The number of nitrogens with zero attached hydrogens (tertiary/aromatic N) is 3. The predicted molar refractivity (Wildman–Crippen MR) is 114 cm³/mol. The molecule has 4 rings (SSSR count). The van der Waals surface area contributed by atoms with Crippen molar-refractivity contribution in [2.45, 2.75) is 0 Å². The van der Waals surface area contributed by atoms with Gasteiger partial charge in [0, 0.05) is 38.8 Å². The van der Waals surface area contributed by atoms with Crippen LogP contribution in [0.15, 0.2) is 48.2 Å². The number of halogens is 2. The molecule has 0 aromatic heterocycles. The molecule has 2 aromatic carbocycles. The van der Waals surface area contributed by atoms with E-state index in [-0.39, 0.29) is 17.9 Å². The molecule has 1 saturated heterocycles. The molecule has 32 heavy (non-hydrogen) atoms. The summed E-state index contributed by atoms with van der Waals surface area (Å²) in [7, 11) is 1.52. The Balaban J connectivity index is 1.76. The van der Waals surface area contributed by atoms with E-state index in [1.54, 1.807) is 29.2 Å². The van der Waals surface area contributed by atoms with Gasteiger partial charge < -0.3 is 14.7 Å². The lowest BCUT2D eigenvalue weighted by Crippen LogP contribution is -2.48. The summed E-state index contributed by atoms with van der Waals surface area (Å²) in [5.41, 5.74) is 0.362. The number of imide groups is 1. The summed E-state index contributed by atoms with van der Waals surface area (Å²) in [5.74, 6) is -2.44. The van der Waals surface area contributed by atoms with E-state index in [1.807, 2.05) is 0 Å². The summed E-state index contributed by atoms with van der Waals surface area (Å²) in [5, 5.41) is 9.17. The number of amides is 2. The second-order valence-corrected chi connectivity index (χ2v) is 7.55. The summed E-state index contributed by atoms with van der Waals surface area (Å²) >= 11 is 0.